The van der Waals surface area contributed by atoms with Crippen LogP contribution in [0.2, 0.25) is 0 Å². The molecule has 1 rings (SSSR count). The first-order valence-corrected chi connectivity index (χ1v) is 9.33. The maximum Gasteiger partial charge on any atom is 0.326 e. The van der Waals surface area contributed by atoms with Gasteiger partial charge in [0.1, 0.15) is 18.1 Å². The van der Waals surface area contributed by atoms with Gasteiger partial charge in [0.05, 0.1) is 12.5 Å². The topological polar surface area (TPSA) is 222 Å². The second kappa shape index (κ2) is 11.1. The van der Waals surface area contributed by atoms with Gasteiger partial charge in [-0.2, -0.15) is 0 Å². The minimum absolute atomic E-state index is 0.170. The van der Waals surface area contributed by atoms with E-state index in [1.165, 1.54) is 6.92 Å². The Hall–Kier alpha value is -3.22. The van der Waals surface area contributed by atoms with Gasteiger partial charge < -0.3 is 37.2 Å². The normalized spacial score (nSPS) is 18.7. The summed E-state index contributed by atoms with van der Waals surface area (Å²) in [6.45, 7) is 1.47. The summed E-state index contributed by atoms with van der Waals surface area (Å²) in [6.07, 6.45) is -0.403. The summed E-state index contributed by atoms with van der Waals surface area (Å²) in [5.74, 6) is -5.50. The lowest BCUT2D eigenvalue weighted by atomic mass is 10.1. The Labute approximate surface area is 172 Å². The average Bonchev–Trinajstić information content (AvgIpc) is 3.13. The Balaban J connectivity index is 2.83. The molecule has 1 heterocycles. The third-order valence-electron chi connectivity index (χ3n) is 4.59. The molecule has 13 heteroatoms. The molecule has 0 aromatic carbocycles. The molecule has 0 spiro atoms. The lowest BCUT2D eigenvalue weighted by Gasteiger charge is -2.28. The van der Waals surface area contributed by atoms with E-state index in [1.54, 1.807) is 0 Å². The maximum atomic E-state index is 12.8. The summed E-state index contributed by atoms with van der Waals surface area (Å²) < 4.78 is 0. The van der Waals surface area contributed by atoms with Crippen molar-refractivity contribution in [1.29, 1.82) is 0 Å². The summed E-state index contributed by atoms with van der Waals surface area (Å²) >= 11 is 0. The zero-order chi connectivity index (χ0) is 23.0. The first-order valence-electron chi connectivity index (χ1n) is 9.33. The van der Waals surface area contributed by atoms with Crippen molar-refractivity contribution in [2.45, 2.75) is 63.2 Å². The van der Waals surface area contributed by atoms with Crippen molar-refractivity contribution in [1.82, 2.24) is 15.5 Å². The summed E-state index contributed by atoms with van der Waals surface area (Å²) in [5, 5.41) is 22.8. The molecule has 1 aliphatic heterocycles. The Morgan fingerprint density at radius 2 is 1.73 bits per heavy atom. The maximum absolute atomic E-state index is 12.8. The number of nitrogens with two attached hydrogens (primary N) is 2. The van der Waals surface area contributed by atoms with E-state index >= 15 is 0 Å². The molecule has 8 N–H and O–H groups in total. The van der Waals surface area contributed by atoms with Gasteiger partial charge in [-0.15, -0.1) is 0 Å². The molecule has 30 heavy (non-hydrogen) atoms. The van der Waals surface area contributed by atoms with Crippen molar-refractivity contribution in [3.63, 3.8) is 0 Å². The minimum Gasteiger partial charge on any atom is -0.481 e. The number of rotatable bonds is 11. The van der Waals surface area contributed by atoms with Gasteiger partial charge in [0.15, 0.2) is 0 Å². The number of aliphatic carboxylic acids is 2. The van der Waals surface area contributed by atoms with Gasteiger partial charge in [-0.05, 0) is 26.2 Å². The lowest BCUT2D eigenvalue weighted by Crippen LogP contribution is -2.56. The number of likely N-dealkylation sites (tertiary alicyclic amines) is 1. The fourth-order valence-corrected chi connectivity index (χ4v) is 3.00. The molecular weight excluding hydrogens is 402 g/mol. The van der Waals surface area contributed by atoms with Crippen LogP contribution in [0.25, 0.3) is 0 Å². The predicted molar refractivity (Wildman–Crippen MR) is 101 cm³/mol. The molecule has 0 aromatic heterocycles. The molecule has 4 atom stereocenters. The number of carboxylic acid groups (broad SMARTS) is 2. The number of hydrogen-bond donors (Lipinski definition) is 6. The van der Waals surface area contributed by atoms with Crippen LogP contribution in [0, 0.1) is 0 Å². The van der Waals surface area contributed by atoms with Crippen LogP contribution in [0.3, 0.4) is 0 Å². The lowest BCUT2D eigenvalue weighted by molar-refractivity contribution is -0.150. The van der Waals surface area contributed by atoms with E-state index in [2.05, 4.69) is 10.6 Å². The first kappa shape index (κ1) is 24.8. The third kappa shape index (κ3) is 7.31. The molecule has 1 fully saturated rings. The number of primary amides is 1. The highest BCUT2D eigenvalue weighted by atomic mass is 16.4. The van der Waals surface area contributed by atoms with Gasteiger partial charge in [0.25, 0.3) is 0 Å². The molecule has 0 saturated carbocycles. The Morgan fingerprint density at radius 3 is 2.27 bits per heavy atom. The van der Waals surface area contributed by atoms with E-state index in [1.807, 2.05) is 0 Å². The van der Waals surface area contributed by atoms with E-state index < -0.39 is 72.6 Å². The van der Waals surface area contributed by atoms with E-state index in [0.29, 0.717) is 6.42 Å². The number of nitrogens with one attached hydrogen (secondary N) is 2. The standard InChI is InChI=1S/C17H27N5O8/c1-8(20-15(27)9(18)7-12(19)23)14(26)21-10(4-5-13(24)25)16(28)22-6-2-3-11(22)17(29)30/h8-11H,2-7,18H2,1H3,(H2,19,23)(H,20,27)(H,21,26)(H,24,25)(H,29,30). The number of nitrogens with zero attached hydrogens (tertiary/aromatic N) is 1. The first-order chi connectivity index (χ1) is 13.9. The number of amides is 4. The van der Waals surface area contributed by atoms with Crippen LogP contribution in [0.1, 0.15) is 39.0 Å². The van der Waals surface area contributed by atoms with Crippen LogP contribution < -0.4 is 22.1 Å². The Bertz CT molecular complexity index is 712. The van der Waals surface area contributed by atoms with Crippen molar-refractivity contribution in [3.05, 3.63) is 0 Å². The molecule has 13 nitrogen and oxygen atoms in total. The van der Waals surface area contributed by atoms with Crippen LogP contribution in [-0.2, 0) is 28.8 Å². The number of carbonyl (C=O) groups excluding carboxylic acids is 4. The van der Waals surface area contributed by atoms with Crippen molar-refractivity contribution in [2.24, 2.45) is 11.5 Å². The molecule has 4 amide bonds. The van der Waals surface area contributed by atoms with Crippen LogP contribution in [-0.4, -0.2) is 81.4 Å². The quantitative estimate of drug-likeness (QED) is 0.198. The Morgan fingerprint density at radius 1 is 1.10 bits per heavy atom. The van der Waals surface area contributed by atoms with Gasteiger partial charge in [-0.1, -0.05) is 0 Å². The molecule has 4 unspecified atom stereocenters. The van der Waals surface area contributed by atoms with Gasteiger partial charge >= 0.3 is 11.9 Å². The molecule has 1 saturated heterocycles. The molecule has 0 aliphatic carbocycles. The molecule has 0 aromatic rings. The number of carbonyl (C=O) groups is 6. The second-order valence-electron chi connectivity index (χ2n) is 7.03. The van der Waals surface area contributed by atoms with Crippen LogP contribution >= 0.6 is 0 Å². The molecule has 168 valence electrons. The second-order valence-corrected chi connectivity index (χ2v) is 7.03. The van der Waals surface area contributed by atoms with Crippen molar-refractivity contribution >= 4 is 35.6 Å². The largest absolute Gasteiger partial charge is 0.481 e. The van der Waals surface area contributed by atoms with Crippen LogP contribution in [0.4, 0.5) is 0 Å². The third-order valence-corrected chi connectivity index (χ3v) is 4.59. The fraction of sp³-hybridized carbons (Fsp3) is 0.647. The average molecular weight is 429 g/mol. The van der Waals surface area contributed by atoms with Crippen LogP contribution in [0.5, 0.6) is 0 Å². The van der Waals surface area contributed by atoms with Gasteiger partial charge in [0.2, 0.25) is 23.6 Å². The van der Waals surface area contributed by atoms with Gasteiger partial charge in [-0.25, -0.2) is 4.79 Å². The highest BCUT2D eigenvalue weighted by molar-refractivity contribution is 5.95. The Kier molecular flexibility index (Phi) is 9.17. The predicted octanol–water partition coefficient (Wildman–Crippen LogP) is -2.88. The molecule has 0 radical (unpaired) electrons. The van der Waals surface area contributed by atoms with Crippen molar-refractivity contribution in [2.75, 3.05) is 6.54 Å². The van der Waals surface area contributed by atoms with Crippen molar-refractivity contribution in [3.8, 4) is 0 Å². The summed E-state index contributed by atoms with van der Waals surface area (Å²) in [4.78, 5) is 71.3. The smallest absolute Gasteiger partial charge is 0.326 e. The number of carboxylic acids is 2. The summed E-state index contributed by atoms with van der Waals surface area (Å²) in [7, 11) is 0. The fourth-order valence-electron chi connectivity index (χ4n) is 3.00. The summed E-state index contributed by atoms with van der Waals surface area (Å²) in [6, 6.07) is -4.76. The number of hydrogen-bond acceptors (Lipinski definition) is 7. The highest BCUT2D eigenvalue weighted by Crippen LogP contribution is 2.19. The van der Waals surface area contributed by atoms with Gasteiger partial charge in [-0.3, -0.25) is 24.0 Å². The zero-order valence-corrected chi connectivity index (χ0v) is 16.5. The molecule has 1 aliphatic rings. The highest BCUT2D eigenvalue weighted by Gasteiger charge is 2.38. The SMILES string of the molecule is CC(NC(=O)C(N)CC(N)=O)C(=O)NC(CCC(=O)O)C(=O)N1CCCC1C(=O)O. The van der Waals surface area contributed by atoms with Gasteiger partial charge in [0, 0.05) is 13.0 Å². The summed E-state index contributed by atoms with van der Waals surface area (Å²) in [5.41, 5.74) is 10.5. The van der Waals surface area contributed by atoms with E-state index in [9.17, 15) is 33.9 Å². The van der Waals surface area contributed by atoms with Crippen molar-refractivity contribution < 1.29 is 39.0 Å². The molecular formula is C17H27N5O8. The van der Waals surface area contributed by atoms with E-state index in [4.69, 9.17) is 16.6 Å². The van der Waals surface area contributed by atoms with E-state index in [-0.39, 0.29) is 19.4 Å². The van der Waals surface area contributed by atoms with Crippen LogP contribution in [0.15, 0.2) is 0 Å². The molecule has 0 bridgehead atoms. The zero-order valence-electron chi connectivity index (χ0n) is 16.5. The minimum atomic E-state index is -1.29. The van der Waals surface area contributed by atoms with E-state index in [0.717, 1.165) is 4.90 Å². The monoisotopic (exact) mass is 429 g/mol.